The molecule has 2 heterocycles. The molecule has 1 aliphatic heterocycles. The minimum absolute atomic E-state index is 0.663. The van der Waals surface area contributed by atoms with Crippen LogP contribution in [0, 0.1) is 5.92 Å². The number of pyridine rings is 1. The lowest BCUT2D eigenvalue weighted by Crippen LogP contribution is -2.36. The van der Waals surface area contributed by atoms with E-state index in [2.05, 4.69) is 16.0 Å². The van der Waals surface area contributed by atoms with Crippen LogP contribution < -0.4 is 15.4 Å². The van der Waals surface area contributed by atoms with Crippen molar-refractivity contribution in [2.75, 3.05) is 31.6 Å². The van der Waals surface area contributed by atoms with Gasteiger partial charge in [-0.25, -0.2) is 4.98 Å². The van der Waals surface area contributed by atoms with Gasteiger partial charge >= 0.3 is 0 Å². The van der Waals surface area contributed by atoms with E-state index in [-0.39, 0.29) is 0 Å². The summed E-state index contributed by atoms with van der Waals surface area (Å²) >= 11 is 0. The van der Waals surface area contributed by atoms with Crippen molar-refractivity contribution >= 4 is 16.6 Å². The summed E-state index contributed by atoms with van der Waals surface area (Å²) in [7, 11) is 1.71. The van der Waals surface area contributed by atoms with Gasteiger partial charge in [0.1, 0.15) is 11.6 Å². The maximum absolute atomic E-state index is 5.77. The van der Waals surface area contributed by atoms with Gasteiger partial charge in [0.25, 0.3) is 0 Å². The fourth-order valence-electron chi connectivity index (χ4n) is 2.97. The molecule has 3 rings (SSSR count). The molecular weight excluding hydrogens is 250 g/mol. The second-order valence-electron chi connectivity index (χ2n) is 5.36. The average Bonchev–Trinajstić information content (AvgIpc) is 2.54. The predicted octanol–water partition coefficient (Wildman–Crippen LogP) is 2.42. The molecule has 0 aliphatic carbocycles. The van der Waals surface area contributed by atoms with E-state index in [4.69, 9.17) is 10.5 Å². The quantitative estimate of drug-likeness (QED) is 0.931. The van der Waals surface area contributed by atoms with Crippen LogP contribution in [0.15, 0.2) is 30.5 Å². The van der Waals surface area contributed by atoms with E-state index in [0.717, 1.165) is 54.8 Å². The van der Waals surface area contributed by atoms with Gasteiger partial charge in [-0.05, 0) is 37.4 Å². The van der Waals surface area contributed by atoms with Gasteiger partial charge in [0.2, 0.25) is 0 Å². The monoisotopic (exact) mass is 271 g/mol. The first kappa shape index (κ1) is 13.2. The Bertz CT molecular complexity index is 591. The van der Waals surface area contributed by atoms with Crippen LogP contribution >= 0.6 is 0 Å². The topological polar surface area (TPSA) is 51.4 Å². The van der Waals surface area contributed by atoms with E-state index in [1.807, 2.05) is 24.4 Å². The molecule has 1 saturated heterocycles. The molecular formula is C16H21N3O. The normalized spacial score (nSPS) is 16.6. The molecule has 1 aromatic heterocycles. The van der Waals surface area contributed by atoms with Crippen molar-refractivity contribution in [2.24, 2.45) is 11.7 Å². The maximum atomic E-state index is 5.77. The third kappa shape index (κ3) is 2.31. The molecule has 20 heavy (non-hydrogen) atoms. The van der Waals surface area contributed by atoms with Crippen LogP contribution in [-0.2, 0) is 0 Å². The fraction of sp³-hybridized carbons (Fsp3) is 0.438. The van der Waals surface area contributed by atoms with Crippen molar-refractivity contribution in [3.63, 3.8) is 0 Å². The highest BCUT2D eigenvalue weighted by Crippen LogP contribution is 2.32. The molecule has 0 unspecified atom stereocenters. The van der Waals surface area contributed by atoms with Crippen molar-refractivity contribution < 1.29 is 4.74 Å². The zero-order chi connectivity index (χ0) is 13.9. The van der Waals surface area contributed by atoms with E-state index >= 15 is 0 Å². The van der Waals surface area contributed by atoms with Gasteiger partial charge in [0.05, 0.1) is 7.11 Å². The van der Waals surface area contributed by atoms with Crippen molar-refractivity contribution in [1.29, 1.82) is 0 Å². The van der Waals surface area contributed by atoms with Gasteiger partial charge in [-0.15, -0.1) is 0 Å². The Morgan fingerprint density at radius 2 is 2.05 bits per heavy atom. The highest BCUT2D eigenvalue weighted by atomic mass is 16.5. The summed E-state index contributed by atoms with van der Waals surface area (Å²) in [6.07, 6.45) is 4.17. The number of nitrogens with zero attached hydrogens (tertiary/aromatic N) is 2. The third-order valence-electron chi connectivity index (χ3n) is 4.21. The zero-order valence-electron chi connectivity index (χ0n) is 11.9. The van der Waals surface area contributed by atoms with Crippen LogP contribution in [0.4, 0.5) is 5.82 Å². The maximum Gasteiger partial charge on any atom is 0.136 e. The lowest BCUT2D eigenvalue weighted by molar-refractivity contribution is 0.413. The van der Waals surface area contributed by atoms with E-state index < -0.39 is 0 Å². The number of rotatable bonds is 3. The van der Waals surface area contributed by atoms with Gasteiger partial charge in [0, 0.05) is 30.1 Å². The van der Waals surface area contributed by atoms with Crippen molar-refractivity contribution in [1.82, 2.24) is 4.98 Å². The van der Waals surface area contributed by atoms with Gasteiger partial charge in [-0.1, -0.05) is 12.1 Å². The highest BCUT2D eigenvalue weighted by Gasteiger charge is 2.20. The van der Waals surface area contributed by atoms with Crippen molar-refractivity contribution in [3.05, 3.63) is 30.5 Å². The molecule has 0 saturated carbocycles. The van der Waals surface area contributed by atoms with Gasteiger partial charge < -0.3 is 15.4 Å². The average molecular weight is 271 g/mol. The third-order valence-corrected chi connectivity index (χ3v) is 4.21. The summed E-state index contributed by atoms with van der Waals surface area (Å²) in [5, 5.41) is 2.29. The first-order valence-corrected chi connectivity index (χ1v) is 7.20. The minimum Gasteiger partial charge on any atom is -0.496 e. The van der Waals surface area contributed by atoms with Crippen LogP contribution in [0.3, 0.4) is 0 Å². The Morgan fingerprint density at radius 1 is 1.25 bits per heavy atom. The van der Waals surface area contributed by atoms with Gasteiger partial charge in [0.15, 0.2) is 0 Å². The first-order valence-electron chi connectivity index (χ1n) is 7.20. The van der Waals surface area contributed by atoms with Crippen LogP contribution in [0.5, 0.6) is 5.75 Å². The summed E-state index contributed by atoms with van der Waals surface area (Å²) in [6, 6.07) is 8.16. The number of piperidine rings is 1. The number of nitrogens with two attached hydrogens (primary N) is 1. The van der Waals surface area contributed by atoms with Crippen LogP contribution in [0.2, 0.25) is 0 Å². The largest absolute Gasteiger partial charge is 0.496 e. The Kier molecular flexibility index (Phi) is 3.74. The molecule has 0 radical (unpaired) electrons. The second kappa shape index (κ2) is 5.67. The summed E-state index contributed by atoms with van der Waals surface area (Å²) in [5.74, 6) is 2.63. The van der Waals surface area contributed by atoms with Crippen molar-refractivity contribution in [2.45, 2.75) is 12.8 Å². The number of benzene rings is 1. The molecule has 1 aromatic carbocycles. The molecule has 0 bridgehead atoms. The lowest BCUT2D eigenvalue weighted by atomic mass is 9.97. The number of fused-ring (bicyclic) bond motifs is 1. The van der Waals surface area contributed by atoms with E-state index in [9.17, 15) is 0 Å². The highest BCUT2D eigenvalue weighted by molar-refractivity contribution is 5.96. The summed E-state index contributed by atoms with van der Waals surface area (Å²) in [6.45, 7) is 2.86. The molecule has 0 atom stereocenters. The van der Waals surface area contributed by atoms with E-state index in [0.29, 0.717) is 5.92 Å². The Balaban J connectivity index is 1.96. The second-order valence-corrected chi connectivity index (χ2v) is 5.36. The smallest absolute Gasteiger partial charge is 0.136 e. The van der Waals surface area contributed by atoms with E-state index in [1.165, 1.54) is 0 Å². The molecule has 4 nitrogen and oxygen atoms in total. The summed E-state index contributed by atoms with van der Waals surface area (Å²) in [5.41, 5.74) is 5.77. The number of aromatic nitrogens is 1. The zero-order valence-corrected chi connectivity index (χ0v) is 11.9. The Hall–Kier alpha value is -1.81. The van der Waals surface area contributed by atoms with E-state index in [1.54, 1.807) is 7.11 Å². The number of methoxy groups -OCH3 is 1. The molecule has 4 heteroatoms. The SMILES string of the molecule is COc1cccc2c(N3CCC(CN)CC3)nccc12. The Labute approximate surface area is 119 Å². The molecule has 0 spiro atoms. The van der Waals surface area contributed by atoms with Crippen LogP contribution in [0.1, 0.15) is 12.8 Å². The fourth-order valence-corrected chi connectivity index (χ4v) is 2.97. The number of hydrogen-bond donors (Lipinski definition) is 1. The lowest BCUT2D eigenvalue weighted by Gasteiger charge is -2.32. The molecule has 0 amide bonds. The first-order chi connectivity index (χ1) is 9.83. The van der Waals surface area contributed by atoms with Gasteiger partial charge in [-0.2, -0.15) is 0 Å². The minimum atomic E-state index is 0.663. The van der Waals surface area contributed by atoms with Gasteiger partial charge in [-0.3, -0.25) is 0 Å². The predicted molar refractivity (Wildman–Crippen MR) is 82.3 cm³/mol. The molecule has 1 aliphatic rings. The number of hydrogen-bond acceptors (Lipinski definition) is 4. The molecule has 1 fully saturated rings. The summed E-state index contributed by atoms with van der Waals surface area (Å²) in [4.78, 5) is 6.96. The number of anilines is 1. The number of ether oxygens (including phenoxy) is 1. The Morgan fingerprint density at radius 3 is 2.75 bits per heavy atom. The molecule has 2 N–H and O–H groups in total. The summed E-state index contributed by atoms with van der Waals surface area (Å²) < 4.78 is 5.44. The van der Waals surface area contributed by atoms with Crippen LogP contribution in [-0.4, -0.2) is 31.7 Å². The van der Waals surface area contributed by atoms with Crippen LogP contribution in [0.25, 0.3) is 10.8 Å². The molecule has 106 valence electrons. The standard InChI is InChI=1S/C16H21N3O/c1-20-15-4-2-3-14-13(15)5-8-18-16(14)19-9-6-12(11-17)7-10-19/h2-5,8,12H,6-7,9-11,17H2,1H3. The van der Waals surface area contributed by atoms with Crippen molar-refractivity contribution in [3.8, 4) is 5.75 Å². The molecule has 2 aromatic rings.